The molecule has 0 saturated heterocycles. The van der Waals surface area contributed by atoms with E-state index in [4.69, 9.17) is 10.7 Å². The molecule has 0 aromatic carbocycles. The Hall–Kier alpha value is -1.09. The summed E-state index contributed by atoms with van der Waals surface area (Å²) in [5, 5.41) is 0. The number of nitrogens with zero attached hydrogens (tertiary/aromatic N) is 2. The Morgan fingerprint density at radius 3 is 2.53 bits per heavy atom. The van der Waals surface area contributed by atoms with Crippen molar-refractivity contribution in [2.75, 3.05) is 11.4 Å². The van der Waals surface area contributed by atoms with Crippen molar-refractivity contribution in [3.8, 4) is 0 Å². The summed E-state index contributed by atoms with van der Waals surface area (Å²) in [5.74, 6) is 1.10. The van der Waals surface area contributed by atoms with E-state index >= 15 is 0 Å². The highest BCUT2D eigenvalue weighted by molar-refractivity contribution is 5.52. The summed E-state index contributed by atoms with van der Waals surface area (Å²) in [7, 11) is 0. The molecule has 1 unspecified atom stereocenters. The second-order valence-electron chi connectivity index (χ2n) is 5.39. The largest absolute Gasteiger partial charge is 0.354 e. The van der Waals surface area contributed by atoms with E-state index in [1.807, 2.05) is 0 Å². The van der Waals surface area contributed by atoms with Gasteiger partial charge in [0, 0.05) is 30.4 Å². The molecular weight excluding hydrogens is 234 g/mol. The lowest BCUT2D eigenvalue weighted by atomic mass is 10.1. The van der Waals surface area contributed by atoms with E-state index in [-0.39, 0.29) is 0 Å². The summed E-state index contributed by atoms with van der Waals surface area (Å²) in [6.07, 6.45) is 3.53. The van der Waals surface area contributed by atoms with Gasteiger partial charge in [0.05, 0.1) is 0 Å². The number of hydrogen-bond donors (Lipinski definition) is 1. The smallest absolute Gasteiger partial charge is 0.133 e. The molecule has 0 amide bonds. The summed E-state index contributed by atoms with van der Waals surface area (Å²) >= 11 is 0. The number of nitrogens with two attached hydrogens (primary N) is 1. The first kappa shape index (κ1) is 16.0. The third-order valence-corrected chi connectivity index (χ3v) is 3.81. The van der Waals surface area contributed by atoms with Crippen LogP contribution in [0.25, 0.3) is 0 Å². The molecule has 1 atom stereocenters. The number of rotatable bonds is 7. The van der Waals surface area contributed by atoms with Crippen LogP contribution in [0.4, 0.5) is 5.82 Å². The lowest BCUT2D eigenvalue weighted by Crippen LogP contribution is -2.35. The Morgan fingerprint density at radius 1 is 1.32 bits per heavy atom. The standard InChI is InChI=1S/C16H29N3/c1-6-8-9-19(14(5)7-2)16-15(11-17)12(3)10-13(4)18-16/h10,14H,6-9,11,17H2,1-5H3. The molecular formula is C16H29N3. The van der Waals surface area contributed by atoms with Crippen LogP contribution >= 0.6 is 0 Å². The first-order chi connectivity index (χ1) is 9.04. The Balaban J connectivity index is 3.19. The molecule has 0 fully saturated rings. The number of aryl methyl sites for hydroxylation is 2. The summed E-state index contributed by atoms with van der Waals surface area (Å²) in [4.78, 5) is 7.21. The normalized spacial score (nSPS) is 12.5. The highest BCUT2D eigenvalue weighted by Crippen LogP contribution is 2.25. The van der Waals surface area contributed by atoms with Gasteiger partial charge < -0.3 is 10.6 Å². The van der Waals surface area contributed by atoms with Gasteiger partial charge in [-0.05, 0) is 45.2 Å². The third-order valence-electron chi connectivity index (χ3n) is 3.81. The van der Waals surface area contributed by atoms with Crippen LogP contribution in [0.15, 0.2) is 6.07 Å². The summed E-state index contributed by atoms with van der Waals surface area (Å²) in [5.41, 5.74) is 9.48. The number of aromatic nitrogens is 1. The topological polar surface area (TPSA) is 42.2 Å². The average molecular weight is 263 g/mol. The lowest BCUT2D eigenvalue weighted by Gasteiger charge is -2.32. The Kier molecular flexibility index (Phi) is 6.29. The molecule has 0 aliphatic rings. The van der Waals surface area contributed by atoms with E-state index in [2.05, 4.69) is 45.6 Å². The molecule has 0 bridgehead atoms. The van der Waals surface area contributed by atoms with Gasteiger partial charge in [-0.1, -0.05) is 20.3 Å². The van der Waals surface area contributed by atoms with Gasteiger partial charge in [0.15, 0.2) is 0 Å². The Morgan fingerprint density at radius 2 is 2.00 bits per heavy atom. The van der Waals surface area contributed by atoms with Crippen molar-refractivity contribution in [1.82, 2.24) is 4.98 Å². The zero-order chi connectivity index (χ0) is 14.4. The Labute approximate surface area is 118 Å². The third kappa shape index (κ3) is 3.93. The van der Waals surface area contributed by atoms with Gasteiger partial charge in [-0.15, -0.1) is 0 Å². The molecule has 0 aliphatic heterocycles. The van der Waals surface area contributed by atoms with Crippen molar-refractivity contribution in [2.24, 2.45) is 5.73 Å². The highest BCUT2D eigenvalue weighted by atomic mass is 15.2. The molecule has 108 valence electrons. The zero-order valence-corrected chi connectivity index (χ0v) is 13.2. The molecule has 0 aliphatic carbocycles. The van der Waals surface area contributed by atoms with Gasteiger partial charge in [-0.25, -0.2) is 4.98 Å². The van der Waals surface area contributed by atoms with E-state index in [1.54, 1.807) is 0 Å². The lowest BCUT2D eigenvalue weighted by molar-refractivity contribution is 0.586. The monoisotopic (exact) mass is 263 g/mol. The van der Waals surface area contributed by atoms with Crippen LogP contribution in [0.2, 0.25) is 0 Å². The summed E-state index contributed by atoms with van der Waals surface area (Å²) in [6.45, 7) is 12.6. The van der Waals surface area contributed by atoms with E-state index < -0.39 is 0 Å². The second kappa shape index (κ2) is 7.49. The number of pyridine rings is 1. The van der Waals surface area contributed by atoms with Crippen LogP contribution in [0.5, 0.6) is 0 Å². The highest BCUT2D eigenvalue weighted by Gasteiger charge is 2.18. The van der Waals surface area contributed by atoms with E-state index in [0.717, 1.165) is 24.5 Å². The Bertz CT molecular complexity index is 401. The van der Waals surface area contributed by atoms with Crippen molar-refractivity contribution in [3.63, 3.8) is 0 Å². The number of hydrogen-bond acceptors (Lipinski definition) is 3. The molecule has 1 aromatic rings. The fraction of sp³-hybridized carbons (Fsp3) is 0.688. The van der Waals surface area contributed by atoms with Gasteiger partial charge in [0.25, 0.3) is 0 Å². The minimum absolute atomic E-state index is 0.505. The van der Waals surface area contributed by atoms with Crippen molar-refractivity contribution < 1.29 is 0 Å². The first-order valence-electron chi connectivity index (χ1n) is 7.48. The van der Waals surface area contributed by atoms with Crippen molar-refractivity contribution in [1.29, 1.82) is 0 Å². The maximum Gasteiger partial charge on any atom is 0.133 e. The van der Waals surface area contributed by atoms with E-state index in [0.29, 0.717) is 12.6 Å². The van der Waals surface area contributed by atoms with Crippen LogP contribution in [0.3, 0.4) is 0 Å². The van der Waals surface area contributed by atoms with E-state index in [9.17, 15) is 0 Å². The van der Waals surface area contributed by atoms with Crippen LogP contribution in [-0.4, -0.2) is 17.6 Å². The van der Waals surface area contributed by atoms with Gasteiger partial charge in [-0.3, -0.25) is 0 Å². The quantitative estimate of drug-likeness (QED) is 0.818. The molecule has 3 heteroatoms. The van der Waals surface area contributed by atoms with Crippen molar-refractivity contribution in [2.45, 2.75) is 66.5 Å². The van der Waals surface area contributed by atoms with Crippen LogP contribution in [-0.2, 0) is 6.54 Å². The maximum atomic E-state index is 5.94. The predicted octanol–water partition coefficient (Wildman–Crippen LogP) is 3.56. The number of anilines is 1. The summed E-state index contributed by atoms with van der Waals surface area (Å²) < 4.78 is 0. The fourth-order valence-corrected chi connectivity index (χ4v) is 2.42. The minimum Gasteiger partial charge on any atom is -0.354 e. The van der Waals surface area contributed by atoms with Crippen molar-refractivity contribution >= 4 is 5.82 Å². The molecule has 3 nitrogen and oxygen atoms in total. The molecule has 0 radical (unpaired) electrons. The molecule has 2 N–H and O–H groups in total. The maximum absolute atomic E-state index is 5.94. The van der Waals surface area contributed by atoms with E-state index in [1.165, 1.54) is 24.0 Å². The predicted molar refractivity (Wildman–Crippen MR) is 83.6 cm³/mol. The van der Waals surface area contributed by atoms with Crippen LogP contribution < -0.4 is 10.6 Å². The molecule has 0 spiro atoms. The van der Waals surface area contributed by atoms with Crippen LogP contribution in [0, 0.1) is 13.8 Å². The molecule has 1 heterocycles. The average Bonchev–Trinajstić information content (AvgIpc) is 2.38. The fourth-order valence-electron chi connectivity index (χ4n) is 2.42. The van der Waals surface area contributed by atoms with Gasteiger partial charge in [0.2, 0.25) is 0 Å². The SMILES string of the molecule is CCCCN(c1nc(C)cc(C)c1CN)C(C)CC. The molecule has 1 rings (SSSR count). The number of unbranched alkanes of at least 4 members (excludes halogenated alkanes) is 1. The molecule has 1 aromatic heterocycles. The first-order valence-corrected chi connectivity index (χ1v) is 7.48. The van der Waals surface area contributed by atoms with Gasteiger partial charge >= 0.3 is 0 Å². The van der Waals surface area contributed by atoms with Gasteiger partial charge in [-0.2, -0.15) is 0 Å². The zero-order valence-electron chi connectivity index (χ0n) is 13.2. The summed E-state index contributed by atoms with van der Waals surface area (Å²) in [6, 6.07) is 2.63. The molecule has 19 heavy (non-hydrogen) atoms. The van der Waals surface area contributed by atoms with Gasteiger partial charge in [0.1, 0.15) is 5.82 Å². The van der Waals surface area contributed by atoms with Crippen molar-refractivity contribution in [3.05, 3.63) is 22.9 Å². The minimum atomic E-state index is 0.505. The van der Waals surface area contributed by atoms with Crippen LogP contribution in [0.1, 0.15) is 56.9 Å². The second-order valence-corrected chi connectivity index (χ2v) is 5.39. The molecule has 0 saturated carbocycles.